The van der Waals surface area contributed by atoms with E-state index < -0.39 is 11.6 Å². The Balaban J connectivity index is 0.00000200. The van der Waals surface area contributed by atoms with Gasteiger partial charge >= 0.3 is 0 Å². The van der Waals surface area contributed by atoms with E-state index in [0.29, 0.717) is 5.56 Å². The molecule has 0 heterocycles. The summed E-state index contributed by atoms with van der Waals surface area (Å²) in [5.41, 5.74) is 0.581. The third kappa shape index (κ3) is 5.06. The summed E-state index contributed by atoms with van der Waals surface area (Å²) in [7, 11) is 1.66. The second kappa shape index (κ2) is 7.55. The highest BCUT2D eigenvalue weighted by molar-refractivity contribution is 5.85. The highest BCUT2D eigenvalue weighted by Gasteiger charge is 2.21. The van der Waals surface area contributed by atoms with Crippen LogP contribution in [0.3, 0.4) is 0 Å². The van der Waals surface area contributed by atoms with E-state index >= 15 is 0 Å². The molecule has 1 N–H and O–H groups in total. The van der Waals surface area contributed by atoms with Crippen LogP contribution in [0.5, 0.6) is 0 Å². The summed E-state index contributed by atoms with van der Waals surface area (Å²) >= 11 is 0. The van der Waals surface area contributed by atoms with Crippen LogP contribution in [0.4, 0.5) is 8.78 Å². The molecule has 0 aliphatic heterocycles. The van der Waals surface area contributed by atoms with E-state index in [1.165, 1.54) is 23.8 Å². The fourth-order valence-corrected chi connectivity index (χ4v) is 1.84. The molecular formula is C14H19ClF2N2O. The minimum Gasteiger partial charge on any atom is -0.340 e. The molecule has 1 fully saturated rings. The Morgan fingerprint density at radius 2 is 2.05 bits per heavy atom. The van der Waals surface area contributed by atoms with Crippen molar-refractivity contribution in [3.63, 3.8) is 0 Å². The summed E-state index contributed by atoms with van der Waals surface area (Å²) in [4.78, 5) is 13.3. The first-order valence-electron chi connectivity index (χ1n) is 6.45. The summed E-state index contributed by atoms with van der Waals surface area (Å²) in [6, 6.07) is 3.69. The van der Waals surface area contributed by atoms with Crippen molar-refractivity contribution >= 4 is 18.3 Å². The van der Waals surface area contributed by atoms with Gasteiger partial charge in [-0.25, -0.2) is 8.78 Å². The zero-order valence-electron chi connectivity index (χ0n) is 11.4. The number of halogens is 3. The summed E-state index contributed by atoms with van der Waals surface area (Å²) in [6.45, 7) is 1.45. The smallest absolute Gasteiger partial charge is 0.236 e. The van der Waals surface area contributed by atoms with Crippen LogP contribution in [0.15, 0.2) is 18.2 Å². The van der Waals surface area contributed by atoms with Crippen molar-refractivity contribution in [3.8, 4) is 0 Å². The summed E-state index contributed by atoms with van der Waals surface area (Å²) in [6.07, 6.45) is 2.48. The van der Waals surface area contributed by atoms with E-state index in [0.717, 1.165) is 24.6 Å². The molecule has 1 aliphatic carbocycles. The molecule has 0 unspecified atom stereocenters. The van der Waals surface area contributed by atoms with Crippen molar-refractivity contribution in [2.75, 3.05) is 20.1 Å². The molecule has 6 heteroatoms. The predicted octanol–water partition coefficient (Wildman–Crippen LogP) is 2.34. The SMILES string of the molecule is CN(Cc1ccc(F)c(F)c1)C(=O)CNCC1CC1.Cl. The standard InChI is InChI=1S/C14H18F2N2O.ClH/c1-18(14(19)8-17-7-10-2-3-10)9-11-4-5-12(15)13(16)6-11;/h4-6,10,17H,2-3,7-9H2,1H3;1H. The number of hydrogen-bond acceptors (Lipinski definition) is 2. The van der Waals surface area contributed by atoms with Crippen LogP contribution < -0.4 is 5.32 Å². The van der Waals surface area contributed by atoms with Crippen molar-refractivity contribution < 1.29 is 13.6 Å². The molecule has 1 aromatic carbocycles. The Morgan fingerprint density at radius 1 is 1.35 bits per heavy atom. The van der Waals surface area contributed by atoms with E-state index in [1.54, 1.807) is 7.05 Å². The van der Waals surface area contributed by atoms with Gasteiger partial charge in [0.25, 0.3) is 0 Å². The van der Waals surface area contributed by atoms with Gasteiger partial charge in [0, 0.05) is 13.6 Å². The molecule has 0 bridgehead atoms. The normalized spacial score (nSPS) is 13.8. The first-order chi connectivity index (χ1) is 9.06. The maximum absolute atomic E-state index is 13.0. The molecule has 0 atom stereocenters. The number of carbonyl (C=O) groups excluding carboxylic acids is 1. The van der Waals surface area contributed by atoms with E-state index in [-0.39, 0.29) is 31.4 Å². The monoisotopic (exact) mass is 304 g/mol. The van der Waals surface area contributed by atoms with Crippen LogP contribution in [-0.4, -0.2) is 30.9 Å². The zero-order chi connectivity index (χ0) is 13.8. The van der Waals surface area contributed by atoms with Crippen molar-refractivity contribution in [2.45, 2.75) is 19.4 Å². The van der Waals surface area contributed by atoms with Gasteiger partial charge in [-0.1, -0.05) is 6.07 Å². The number of nitrogens with zero attached hydrogens (tertiary/aromatic N) is 1. The van der Waals surface area contributed by atoms with Crippen molar-refractivity contribution in [2.24, 2.45) is 5.92 Å². The van der Waals surface area contributed by atoms with Crippen LogP contribution >= 0.6 is 12.4 Å². The van der Waals surface area contributed by atoms with Gasteiger partial charge in [0.05, 0.1) is 6.54 Å². The molecule has 0 saturated heterocycles. The van der Waals surface area contributed by atoms with Crippen LogP contribution in [-0.2, 0) is 11.3 Å². The number of amides is 1. The zero-order valence-corrected chi connectivity index (χ0v) is 12.2. The number of benzene rings is 1. The molecule has 0 spiro atoms. The third-order valence-electron chi connectivity index (χ3n) is 3.24. The van der Waals surface area contributed by atoms with E-state index in [2.05, 4.69) is 5.32 Å². The minimum atomic E-state index is -0.884. The average Bonchev–Trinajstić information content (AvgIpc) is 3.17. The molecule has 112 valence electrons. The van der Waals surface area contributed by atoms with Gasteiger partial charge in [-0.05, 0) is 43.0 Å². The van der Waals surface area contributed by atoms with Crippen LogP contribution in [0.2, 0.25) is 0 Å². The number of carbonyl (C=O) groups is 1. The van der Waals surface area contributed by atoms with Crippen LogP contribution in [0.1, 0.15) is 18.4 Å². The van der Waals surface area contributed by atoms with Gasteiger partial charge in [-0.3, -0.25) is 4.79 Å². The van der Waals surface area contributed by atoms with Gasteiger partial charge < -0.3 is 10.2 Å². The first kappa shape index (κ1) is 16.9. The topological polar surface area (TPSA) is 32.3 Å². The minimum absolute atomic E-state index is 0. The number of nitrogens with one attached hydrogen (secondary N) is 1. The van der Waals surface area contributed by atoms with Gasteiger partial charge in [0.15, 0.2) is 11.6 Å². The lowest BCUT2D eigenvalue weighted by molar-refractivity contribution is -0.129. The van der Waals surface area contributed by atoms with E-state index in [1.807, 2.05) is 0 Å². The summed E-state index contributed by atoms with van der Waals surface area (Å²) in [5, 5.41) is 3.11. The van der Waals surface area contributed by atoms with Crippen molar-refractivity contribution in [1.29, 1.82) is 0 Å². The molecule has 2 rings (SSSR count). The van der Waals surface area contributed by atoms with E-state index in [4.69, 9.17) is 0 Å². The van der Waals surface area contributed by atoms with Gasteiger partial charge in [-0.2, -0.15) is 0 Å². The van der Waals surface area contributed by atoms with Crippen molar-refractivity contribution in [3.05, 3.63) is 35.4 Å². The molecule has 1 amide bonds. The van der Waals surface area contributed by atoms with Gasteiger partial charge in [0.2, 0.25) is 5.91 Å². The molecule has 0 aromatic heterocycles. The lowest BCUT2D eigenvalue weighted by atomic mass is 10.2. The Hall–Kier alpha value is -1.20. The predicted molar refractivity (Wildman–Crippen MR) is 75.7 cm³/mol. The molecule has 1 aromatic rings. The second-order valence-electron chi connectivity index (χ2n) is 5.07. The van der Waals surface area contributed by atoms with Crippen molar-refractivity contribution in [1.82, 2.24) is 10.2 Å². The first-order valence-corrected chi connectivity index (χ1v) is 6.45. The third-order valence-corrected chi connectivity index (χ3v) is 3.24. The molecule has 1 saturated carbocycles. The highest BCUT2D eigenvalue weighted by Crippen LogP contribution is 2.27. The molecule has 3 nitrogen and oxygen atoms in total. The lowest BCUT2D eigenvalue weighted by Crippen LogP contribution is -2.35. The fourth-order valence-electron chi connectivity index (χ4n) is 1.84. The van der Waals surface area contributed by atoms with Gasteiger partial charge in [0.1, 0.15) is 0 Å². The lowest BCUT2D eigenvalue weighted by Gasteiger charge is -2.17. The number of likely N-dealkylation sites (N-methyl/N-ethyl adjacent to an activating group) is 1. The van der Waals surface area contributed by atoms with Crippen LogP contribution in [0, 0.1) is 17.6 Å². The largest absolute Gasteiger partial charge is 0.340 e. The number of hydrogen-bond donors (Lipinski definition) is 1. The highest BCUT2D eigenvalue weighted by atomic mass is 35.5. The van der Waals surface area contributed by atoms with Crippen LogP contribution in [0.25, 0.3) is 0 Å². The maximum Gasteiger partial charge on any atom is 0.236 e. The maximum atomic E-state index is 13.0. The fraction of sp³-hybridized carbons (Fsp3) is 0.500. The van der Waals surface area contributed by atoms with Gasteiger partial charge in [-0.15, -0.1) is 12.4 Å². The average molecular weight is 305 g/mol. The number of rotatable bonds is 6. The Labute approximate surface area is 123 Å². The summed E-state index contributed by atoms with van der Waals surface area (Å²) < 4.78 is 25.8. The Kier molecular flexibility index (Phi) is 6.36. The molecule has 20 heavy (non-hydrogen) atoms. The molecule has 0 radical (unpaired) electrons. The van der Waals surface area contributed by atoms with E-state index in [9.17, 15) is 13.6 Å². The molecular weight excluding hydrogens is 286 g/mol. The second-order valence-corrected chi connectivity index (χ2v) is 5.07. The Morgan fingerprint density at radius 3 is 2.65 bits per heavy atom. The molecule has 1 aliphatic rings. The summed E-state index contributed by atoms with van der Waals surface area (Å²) in [5.74, 6) is -1.08. The Bertz CT molecular complexity index is 466. The quantitative estimate of drug-likeness (QED) is 0.875.